The summed E-state index contributed by atoms with van der Waals surface area (Å²) in [7, 11) is -4.34. The van der Waals surface area contributed by atoms with Crippen molar-refractivity contribution in [2.24, 2.45) is 0 Å². The third kappa shape index (κ3) is 6.53. The van der Waals surface area contributed by atoms with Gasteiger partial charge in [0.25, 0.3) is 0 Å². The molecule has 4 aromatic rings. The van der Waals surface area contributed by atoms with Crippen LogP contribution in [0.1, 0.15) is 62.0 Å². The Labute approximate surface area is 250 Å². The third-order valence-electron chi connectivity index (χ3n) is 8.34. The lowest BCUT2D eigenvalue weighted by Crippen LogP contribution is -2.41. The van der Waals surface area contributed by atoms with Crippen molar-refractivity contribution in [3.63, 3.8) is 0 Å². The van der Waals surface area contributed by atoms with Crippen molar-refractivity contribution < 1.29 is 17.7 Å². The Morgan fingerprint density at radius 1 is 0.690 bits per heavy atom. The zero-order valence-corrected chi connectivity index (χ0v) is 25.7. The van der Waals surface area contributed by atoms with E-state index in [1.54, 1.807) is 12.1 Å². The maximum absolute atomic E-state index is 13.7. The largest absolute Gasteiger partial charge is 0.495 e. The molecule has 0 saturated carbocycles. The Morgan fingerprint density at radius 3 is 1.76 bits per heavy atom. The fourth-order valence-corrected chi connectivity index (χ4v) is 6.38. The summed E-state index contributed by atoms with van der Waals surface area (Å²) in [6.45, 7) is 10.6. The monoisotopic (exact) mass is 582 g/mol. The Balaban J connectivity index is 1.50. The van der Waals surface area contributed by atoms with Crippen molar-refractivity contribution in [1.82, 2.24) is 10.0 Å². The minimum absolute atomic E-state index is 0.229. The summed E-state index contributed by atoms with van der Waals surface area (Å²) in [4.78, 5) is 0.229. The molecule has 8 heteroatoms. The molecule has 1 saturated heterocycles. The smallest absolute Gasteiger partial charge is 0.399 e. The SMILES string of the molecule is Cc1ccc(S(=O)(=O)N[C@@H](c2ccccc2)[C@@H](NCc2ccccc2B2OC(C)(C)C(C)(C)O2)c2ccccc2)cc1. The van der Waals surface area contributed by atoms with Gasteiger partial charge in [-0.05, 0) is 68.9 Å². The van der Waals surface area contributed by atoms with Gasteiger partial charge in [0, 0.05) is 6.54 Å². The van der Waals surface area contributed by atoms with Gasteiger partial charge in [0.05, 0.1) is 28.2 Å². The lowest BCUT2D eigenvalue weighted by Gasteiger charge is -2.32. The van der Waals surface area contributed by atoms with Crippen LogP contribution >= 0.6 is 0 Å². The molecule has 1 aliphatic rings. The molecule has 1 fully saturated rings. The van der Waals surface area contributed by atoms with Gasteiger partial charge in [-0.1, -0.05) is 103 Å². The molecule has 1 heterocycles. The molecule has 0 bridgehead atoms. The van der Waals surface area contributed by atoms with Crippen LogP contribution in [0.4, 0.5) is 0 Å². The highest BCUT2D eigenvalue weighted by molar-refractivity contribution is 7.89. The van der Waals surface area contributed by atoms with Gasteiger partial charge in [0.1, 0.15) is 0 Å². The van der Waals surface area contributed by atoms with E-state index < -0.39 is 34.4 Å². The van der Waals surface area contributed by atoms with Crippen molar-refractivity contribution >= 4 is 22.6 Å². The van der Waals surface area contributed by atoms with Crippen molar-refractivity contribution in [2.45, 2.75) is 69.3 Å². The van der Waals surface area contributed by atoms with Gasteiger partial charge in [-0.25, -0.2) is 13.1 Å². The maximum Gasteiger partial charge on any atom is 0.495 e. The summed E-state index contributed by atoms with van der Waals surface area (Å²) in [6, 6.07) is 33.7. The third-order valence-corrected chi connectivity index (χ3v) is 9.80. The van der Waals surface area contributed by atoms with Crippen LogP contribution in [0.15, 0.2) is 114 Å². The highest BCUT2D eigenvalue weighted by atomic mass is 32.2. The second-order valence-electron chi connectivity index (χ2n) is 11.9. The van der Waals surface area contributed by atoms with Crippen molar-refractivity contribution in [1.29, 1.82) is 0 Å². The van der Waals surface area contributed by atoms with Gasteiger partial charge in [0.2, 0.25) is 10.0 Å². The predicted octanol–water partition coefficient (Wildman–Crippen LogP) is 5.84. The van der Waals surface area contributed by atoms with Crippen LogP contribution in [0.25, 0.3) is 0 Å². The van der Waals surface area contributed by atoms with Crippen LogP contribution in [0.3, 0.4) is 0 Å². The van der Waals surface area contributed by atoms with E-state index in [1.807, 2.05) is 126 Å². The van der Waals surface area contributed by atoms with E-state index >= 15 is 0 Å². The number of sulfonamides is 1. The zero-order chi connectivity index (χ0) is 30.0. The first-order valence-corrected chi connectivity index (χ1v) is 15.8. The molecule has 0 aliphatic carbocycles. The van der Waals surface area contributed by atoms with Gasteiger partial charge in [-0.2, -0.15) is 0 Å². The standard InChI is InChI=1S/C34H39BN2O4S/c1-25-20-22-29(23-21-25)42(38,39)37-32(27-16-10-7-11-17-27)31(26-14-8-6-9-15-26)36-24-28-18-12-13-19-30(28)35-40-33(2,3)34(4,5)41-35/h6-23,31-32,36-37H,24H2,1-5H3/t31-,32-/m0/s1. The van der Waals surface area contributed by atoms with Crippen molar-refractivity contribution in [2.75, 3.05) is 0 Å². The lowest BCUT2D eigenvalue weighted by molar-refractivity contribution is 0.00578. The second-order valence-corrected chi connectivity index (χ2v) is 13.6. The van der Waals surface area contributed by atoms with E-state index in [9.17, 15) is 8.42 Å². The van der Waals surface area contributed by atoms with Crippen molar-refractivity contribution in [3.05, 3.63) is 131 Å². The molecule has 0 unspecified atom stereocenters. The molecule has 5 rings (SSSR count). The number of benzene rings is 4. The normalized spacial score (nSPS) is 17.6. The molecule has 0 amide bonds. The first kappa shape index (κ1) is 30.2. The number of hydrogen-bond donors (Lipinski definition) is 2. The van der Waals surface area contributed by atoms with E-state index in [0.29, 0.717) is 6.54 Å². The average Bonchev–Trinajstić information content (AvgIpc) is 3.20. The van der Waals surface area contributed by atoms with Crippen LogP contribution in [-0.4, -0.2) is 26.7 Å². The zero-order valence-electron chi connectivity index (χ0n) is 24.9. The van der Waals surface area contributed by atoms with Gasteiger partial charge < -0.3 is 14.6 Å². The van der Waals surface area contributed by atoms with Crippen LogP contribution in [-0.2, 0) is 25.9 Å². The highest BCUT2D eigenvalue weighted by Gasteiger charge is 2.52. The summed E-state index contributed by atoms with van der Waals surface area (Å²) >= 11 is 0. The number of nitrogens with one attached hydrogen (secondary N) is 2. The van der Waals surface area contributed by atoms with E-state index in [-0.39, 0.29) is 10.9 Å². The van der Waals surface area contributed by atoms with E-state index in [2.05, 4.69) is 16.1 Å². The predicted molar refractivity (Wildman–Crippen MR) is 169 cm³/mol. The second kappa shape index (κ2) is 12.2. The van der Waals surface area contributed by atoms with Crippen LogP contribution in [0.5, 0.6) is 0 Å². The molecule has 0 spiro atoms. The highest BCUT2D eigenvalue weighted by Crippen LogP contribution is 2.37. The number of hydrogen-bond acceptors (Lipinski definition) is 5. The van der Waals surface area contributed by atoms with Crippen LogP contribution in [0.2, 0.25) is 0 Å². The van der Waals surface area contributed by atoms with E-state index in [1.165, 1.54) is 0 Å². The van der Waals surface area contributed by atoms with Crippen molar-refractivity contribution in [3.8, 4) is 0 Å². The fraction of sp³-hybridized carbons (Fsp3) is 0.294. The summed E-state index contributed by atoms with van der Waals surface area (Å²) in [5, 5.41) is 3.70. The molecule has 4 aromatic carbocycles. The molecular formula is C34H39BN2O4S. The summed E-state index contributed by atoms with van der Waals surface area (Å²) in [6.07, 6.45) is 0. The van der Waals surface area contributed by atoms with Gasteiger partial charge >= 0.3 is 7.12 Å². The van der Waals surface area contributed by atoms with E-state index in [0.717, 1.165) is 27.7 Å². The minimum Gasteiger partial charge on any atom is -0.399 e. The molecule has 1 aliphatic heterocycles. The molecule has 6 nitrogen and oxygen atoms in total. The lowest BCUT2D eigenvalue weighted by atomic mass is 9.76. The summed E-state index contributed by atoms with van der Waals surface area (Å²) < 4.78 is 43.2. The molecule has 0 radical (unpaired) electrons. The Hall–Kier alpha value is -3.27. The van der Waals surface area contributed by atoms with Gasteiger partial charge in [-0.15, -0.1) is 0 Å². The van der Waals surface area contributed by atoms with Gasteiger partial charge in [-0.3, -0.25) is 0 Å². The molecular weight excluding hydrogens is 543 g/mol. The Bertz CT molecular complexity index is 1580. The van der Waals surface area contributed by atoms with Gasteiger partial charge in [0.15, 0.2) is 0 Å². The van der Waals surface area contributed by atoms with Crippen LogP contribution < -0.4 is 15.5 Å². The molecule has 218 valence electrons. The van der Waals surface area contributed by atoms with E-state index in [4.69, 9.17) is 9.31 Å². The minimum atomic E-state index is -3.84. The summed E-state index contributed by atoms with van der Waals surface area (Å²) in [5.41, 5.74) is 3.87. The topological polar surface area (TPSA) is 76.7 Å². The number of aryl methyl sites for hydroxylation is 1. The quantitative estimate of drug-likeness (QED) is 0.230. The maximum atomic E-state index is 13.7. The Kier molecular flexibility index (Phi) is 8.74. The average molecular weight is 583 g/mol. The number of rotatable bonds is 10. The molecule has 42 heavy (non-hydrogen) atoms. The first-order valence-electron chi connectivity index (χ1n) is 14.3. The molecule has 0 aromatic heterocycles. The molecule has 2 atom stereocenters. The first-order chi connectivity index (χ1) is 20.0. The summed E-state index contributed by atoms with van der Waals surface area (Å²) in [5.74, 6) is 0. The fourth-order valence-electron chi connectivity index (χ4n) is 5.15. The van der Waals surface area contributed by atoms with Crippen LogP contribution in [0, 0.1) is 6.92 Å². The Morgan fingerprint density at radius 2 is 1.19 bits per heavy atom. The molecule has 2 N–H and O–H groups in total.